The van der Waals surface area contributed by atoms with Crippen LogP contribution in [0.3, 0.4) is 0 Å². The molecule has 2 heterocycles. The fraction of sp³-hybridized carbons (Fsp3) is 0.800. The van der Waals surface area contributed by atoms with Gasteiger partial charge in [-0.3, -0.25) is 14.5 Å². The van der Waals surface area contributed by atoms with Crippen molar-refractivity contribution in [1.29, 1.82) is 0 Å². The first-order valence-corrected chi connectivity index (χ1v) is 8.25. The van der Waals surface area contributed by atoms with Gasteiger partial charge in [0, 0.05) is 12.6 Å². The second-order valence-corrected chi connectivity index (χ2v) is 6.56. The SMILES string of the molecule is Cl.O=C(CN1C(=O)NC2(CCCCC2)C1=O)NCC1CCCN1. The van der Waals surface area contributed by atoms with E-state index in [0.717, 1.165) is 43.5 Å². The Labute approximate surface area is 142 Å². The van der Waals surface area contributed by atoms with Crippen LogP contribution in [0.1, 0.15) is 44.9 Å². The Morgan fingerprint density at radius 2 is 1.96 bits per heavy atom. The minimum Gasteiger partial charge on any atom is -0.353 e. The highest BCUT2D eigenvalue weighted by molar-refractivity contribution is 6.09. The van der Waals surface area contributed by atoms with Crippen LogP contribution in [-0.2, 0) is 9.59 Å². The van der Waals surface area contributed by atoms with Crippen molar-refractivity contribution in [3.63, 3.8) is 0 Å². The van der Waals surface area contributed by atoms with Crippen molar-refractivity contribution >= 4 is 30.3 Å². The molecule has 0 aromatic carbocycles. The molecule has 1 aliphatic carbocycles. The lowest BCUT2D eigenvalue weighted by molar-refractivity contribution is -0.135. The topological polar surface area (TPSA) is 90.5 Å². The van der Waals surface area contributed by atoms with Gasteiger partial charge in [0.05, 0.1) is 0 Å². The highest BCUT2D eigenvalue weighted by Crippen LogP contribution is 2.33. The van der Waals surface area contributed by atoms with E-state index in [2.05, 4.69) is 16.0 Å². The van der Waals surface area contributed by atoms with Crippen LogP contribution in [0, 0.1) is 0 Å². The minimum atomic E-state index is -0.747. The standard InChI is InChI=1S/C15H24N4O3.ClH/c20-12(17-9-11-5-4-8-16-11)10-19-13(21)15(18-14(19)22)6-2-1-3-7-15;/h11,16H,1-10H2,(H,17,20)(H,18,22);1H. The first-order chi connectivity index (χ1) is 10.6. The van der Waals surface area contributed by atoms with Gasteiger partial charge in [-0.05, 0) is 32.2 Å². The zero-order valence-corrected chi connectivity index (χ0v) is 14.0. The Bertz CT molecular complexity index is 473. The van der Waals surface area contributed by atoms with E-state index < -0.39 is 11.6 Å². The molecule has 3 aliphatic rings. The first-order valence-electron chi connectivity index (χ1n) is 8.25. The lowest BCUT2D eigenvalue weighted by Gasteiger charge is -2.30. The molecule has 23 heavy (non-hydrogen) atoms. The average molecular weight is 345 g/mol. The van der Waals surface area contributed by atoms with Crippen LogP contribution in [0.4, 0.5) is 4.79 Å². The molecule has 3 N–H and O–H groups in total. The van der Waals surface area contributed by atoms with E-state index >= 15 is 0 Å². The molecule has 1 unspecified atom stereocenters. The summed E-state index contributed by atoms with van der Waals surface area (Å²) >= 11 is 0. The van der Waals surface area contributed by atoms with Crippen molar-refractivity contribution in [3.05, 3.63) is 0 Å². The molecule has 1 atom stereocenters. The molecule has 4 amide bonds. The Morgan fingerprint density at radius 1 is 1.22 bits per heavy atom. The normalized spacial score (nSPS) is 26.1. The third-order valence-corrected chi connectivity index (χ3v) is 4.96. The van der Waals surface area contributed by atoms with E-state index in [4.69, 9.17) is 0 Å². The predicted octanol–water partition coefficient (Wildman–Crippen LogP) is 0.531. The van der Waals surface area contributed by atoms with Crippen molar-refractivity contribution < 1.29 is 14.4 Å². The Morgan fingerprint density at radius 3 is 2.61 bits per heavy atom. The lowest BCUT2D eigenvalue weighted by Crippen LogP contribution is -2.49. The summed E-state index contributed by atoms with van der Waals surface area (Å²) in [5.41, 5.74) is -0.747. The smallest absolute Gasteiger partial charge is 0.325 e. The number of imide groups is 1. The van der Waals surface area contributed by atoms with Crippen LogP contribution in [0.25, 0.3) is 0 Å². The maximum absolute atomic E-state index is 12.5. The molecule has 0 radical (unpaired) electrons. The Hall–Kier alpha value is -1.34. The summed E-state index contributed by atoms with van der Waals surface area (Å²) in [6.45, 7) is 1.35. The number of urea groups is 1. The van der Waals surface area contributed by atoms with Crippen molar-refractivity contribution in [2.75, 3.05) is 19.6 Å². The van der Waals surface area contributed by atoms with Gasteiger partial charge in [-0.25, -0.2) is 4.79 Å². The number of hydrogen-bond acceptors (Lipinski definition) is 4. The summed E-state index contributed by atoms with van der Waals surface area (Å²) in [6.07, 6.45) is 6.52. The third-order valence-electron chi connectivity index (χ3n) is 4.96. The molecule has 130 valence electrons. The first kappa shape index (κ1) is 18.0. The zero-order valence-electron chi connectivity index (χ0n) is 13.2. The van der Waals surface area contributed by atoms with Crippen LogP contribution in [-0.4, -0.2) is 54.0 Å². The quantitative estimate of drug-likeness (QED) is 0.649. The van der Waals surface area contributed by atoms with Gasteiger partial charge >= 0.3 is 6.03 Å². The van der Waals surface area contributed by atoms with E-state index in [1.54, 1.807) is 0 Å². The highest BCUT2D eigenvalue weighted by atomic mass is 35.5. The predicted molar refractivity (Wildman–Crippen MR) is 87.3 cm³/mol. The van der Waals surface area contributed by atoms with Crippen molar-refractivity contribution in [2.45, 2.75) is 56.5 Å². The van der Waals surface area contributed by atoms with Gasteiger partial charge < -0.3 is 16.0 Å². The van der Waals surface area contributed by atoms with E-state index in [1.165, 1.54) is 0 Å². The molecule has 3 rings (SSSR count). The van der Waals surface area contributed by atoms with E-state index in [0.29, 0.717) is 25.4 Å². The fourth-order valence-corrected chi connectivity index (χ4v) is 3.68. The van der Waals surface area contributed by atoms with Crippen LogP contribution < -0.4 is 16.0 Å². The summed E-state index contributed by atoms with van der Waals surface area (Å²) in [4.78, 5) is 37.7. The van der Waals surface area contributed by atoms with Crippen LogP contribution in [0.15, 0.2) is 0 Å². The molecular weight excluding hydrogens is 320 g/mol. The summed E-state index contributed by atoms with van der Waals surface area (Å²) in [5, 5.41) is 8.92. The number of rotatable bonds is 4. The molecule has 1 spiro atoms. The zero-order chi connectivity index (χ0) is 15.6. The Kier molecular flexibility index (Phi) is 5.86. The van der Waals surface area contributed by atoms with Gasteiger partial charge in [-0.1, -0.05) is 19.3 Å². The maximum atomic E-state index is 12.5. The number of nitrogens with zero attached hydrogens (tertiary/aromatic N) is 1. The van der Waals surface area contributed by atoms with Crippen LogP contribution in [0.5, 0.6) is 0 Å². The van der Waals surface area contributed by atoms with E-state index in [1.807, 2.05) is 0 Å². The summed E-state index contributed by atoms with van der Waals surface area (Å²) in [6, 6.07) is -0.127. The largest absolute Gasteiger partial charge is 0.353 e. The van der Waals surface area contributed by atoms with Crippen molar-refractivity contribution in [1.82, 2.24) is 20.9 Å². The molecule has 3 fully saturated rings. The monoisotopic (exact) mass is 344 g/mol. The molecular formula is C15H25ClN4O3. The van der Waals surface area contributed by atoms with Gasteiger partial charge in [-0.2, -0.15) is 0 Å². The number of carbonyl (C=O) groups is 3. The molecule has 0 bridgehead atoms. The van der Waals surface area contributed by atoms with Crippen molar-refractivity contribution in [3.8, 4) is 0 Å². The number of hydrogen-bond donors (Lipinski definition) is 3. The van der Waals surface area contributed by atoms with Crippen LogP contribution in [0.2, 0.25) is 0 Å². The van der Waals surface area contributed by atoms with Gasteiger partial charge in [0.25, 0.3) is 5.91 Å². The van der Waals surface area contributed by atoms with E-state index in [9.17, 15) is 14.4 Å². The van der Waals surface area contributed by atoms with Crippen molar-refractivity contribution in [2.24, 2.45) is 0 Å². The second kappa shape index (κ2) is 7.49. The van der Waals surface area contributed by atoms with Crippen LogP contribution >= 0.6 is 12.4 Å². The van der Waals surface area contributed by atoms with Gasteiger partial charge in [0.15, 0.2) is 0 Å². The number of halogens is 1. The molecule has 0 aromatic heterocycles. The maximum Gasteiger partial charge on any atom is 0.325 e. The third kappa shape index (κ3) is 3.77. The summed E-state index contributed by atoms with van der Waals surface area (Å²) in [7, 11) is 0. The van der Waals surface area contributed by atoms with Gasteiger partial charge in [0.2, 0.25) is 5.91 Å². The highest BCUT2D eigenvalue weighted by Gasteiger charge is 2.51. The average Bonchev–Trinajstić information content (AvgIpc) is 3.10. The van der Waals surface area contributed by atoms with E-state index in [-0.39, 0.29) is 30.8 Å². The molecule has 2 aliphatic heterocycles. The lowest BCUT2D eigenvalue weighted by atomic mass is 9.82. The summed E-state index contributed by atoms with van der Waals surface area (Å²) in [5.74, 6) is -0.503. The number of nitrogens with one attached hydrogen (secondary N) is 3. The second-order valence-electron chi connectivity index (χ2n) is 6.56. The molecule has 1 saturated carbocycles. The number of amides is 4. The fourth-order valence-electron chi connectivity index (χ4n) is 3.68. The van der Waals surface area contributed by atoms with Gasteiger partial charge in [0.1, 0.15) is 12.1 Å². The minimum absolute atomic E-state index is 0. The van der Waals surface area contributed by atoms with Gasteiger partial charge in [-0.15, -0.1) is 12.4 Å². The molecule has 8 heteroatoms. The summed E-state index contributed by atoms with van der Waals surface area (Å²) < 4.78 is 0. The number of carbonyl (C=O) groups excluding carboxylic acids is 3. The molecule has 0 aromatic rings. The Balaban J connectivity index is 0.00000192. The molecule has 2 saturated heterocycles. The molecule has 7 nitrogen and oxygen atoms in total.